The molecule has 0 saturated heterocycles. The number of nitrogens with one attached hydrogen (secondary N) is 2. The summed E-state index contributed by atoms with van der Waals surface area (Å²) in [6.07, 6.45) is 0. The van der Waals surface area contributed by atoms with Gasteiger partial charge in [-0.2, -0.15) is 0 Å². The quantitative estimate of drug-likeness (QED) is 0.717. The Kier molecular flexibility index (Phi) is 4.29. The first-order valence-electron chi connectivity index (χ1n) is 6.16. The van der Waals surface area contributed by atoms with Gasteiger partial charge in [0.15, 0.2) is 0 Å². The Balaban J connectivity index is 2.09. The van der Waals surface area contributed by atoms with Gasteiger partial charge in [0.2, 0.25) is 0 Å². The second-order valence-corrected chi connectivity index (χ2v) is 5.42. The van der Waals surface area contributed by atoms with Crippen LogP contribution in [0.2, 0.25) is 0 Å². The molecule has 0 aliphatic rings. The number of anilines is 3. The van der Waals surface area contributed by atoms with Crippen molar-refractivity contribution in [1.29, 1.82) is 0 Å². The van der Waals surface area contributed by atoms with Gasteiger partial charge in [0.1, 0.15) is 0 Å². The molecule has 104 valence electrons. The summed E-state index contributed by atoms with van der Waals surface area (Å²) in [5, 5.41) is 5.55. The molecule has 0 unspecified atom stereocenters. The molecule has 0 heterocycles. The Morgan fingerprint density at radius 3 is 2.25 bits per heavy atom. The maximum atomic E-state index is 11.9. The summed E-state index contributed by atoms with van der Waals surface area (Å²) < 4.78 is 1.05. The van der Waals surface area contributed by atoms with E-state index in [2.05, 4.69) is 26.6 Å². The standard InChI is InChI=1S/C15H16BrN3O/c1-9-6-13(7-10(2)14(9)16)19-15(20)18-12-5-3-4-11(17)8-12/h3-8H,17H2,1-2H3,(H2,18,19,20). The van der Waals surface area contributed by atoms with Gasteiger partial charge in [-0.25, -0.2) is 4.79 Å². The number of urea groups is 1. The van der Waals surface area contributed by atoms with Gasteiger partial charge in [-0.05, 0) is 55.3 Å². The van der Waals surface area contributed by atoms with Gasteiger partial charge in [-0.1, -0.05) is 22.0 Å². The molecule has 2 aromatic carbocycles. The van der Waals surface area contributed by atoms with E-state index in [4.69, 9.17) is 5.73 Å². The lowest BCUT2D eigenvalue weighted by atomic mass is 10.1. The number of nitrogens with two attached hydrogens (primary N) is 1. The van der Waals surface area contributed by atoms with Crippen LogP contribution in [0.4, 0.5) is 21.9 Å². The first kappa shape index (κ1) is 14.4. The molecule has 0 aromatic heterocycles. The first-order chi connectivity index (χ1) is 9.45. The van der Waals surface area contributed by atoms with Crippen LogP contribution < -0.4 is 16.4 Å². The number of benzene rings is 2. The van der Waals surface area contributed by atoms with Crippen molar-refractivity contribution in [2.45, 2.75) is 13.8 Å². The lowest BCUT2D eigenvalue weighted by molar-refractivity contribution is 0.262. The Labute approximate surface area is 126 Å². The monoisotopic (exact) mass is 333 g/mol. The molecule has 0 bridgehead atoms. The van der Waals surface area contributed by atoms with E-state index in [0.29, 0.717) is 11.4 Å². The lowest BCUT2D eigenvalue weighted by Crippen LogP contribution is -2.19. The lowest BCUT2D eigenvalue weighted by Gasteiger charge is -2.11. The number of carbonyl (C=O) groups excluding carboxylic acids is 1. The van der Waals surface area contributed by atoms with Crippen LogP contribution in [0, 0.1) is 13.8 Å². The van der Waals surface area contributed by atoms with Crippen LogP contribution in [0.5, 0.6) is 0 Å². The van der Waals surface area contributed by atoms with Crippen LogP contribution >= 0.6 is 15.9 Å². The third kappa shape index (κ3) is 3.51. The minimum absolute atomic E-state index is 0.295. The highest BCUT2D eigenvalue weighted by Gasteiger charge is 2.06. The molecule has 0 fully saturated rings. The number of nitrogen functional groups attached to an aromatic ring is 1. The molecule has 0 saturated carbocycles. The van der Waals surface area contributed by atoms with Gasteiger partial charge < -0.3 is 16.4 Å². The fourth-order valence-corrected chi connectivity index (χ4v) is 2.16. The summed E-state index contributed by atoms with van der Waals surface area (Å²) in [5.41, 5.74) is 9.84. The van der Waals surface area contributed by atoms with E-state index in [-0.39, 0.29) is 6.03 Å². The van der Waals surface area contributed by atoms with Crippen molar-refractivity contribution in [3.63, 3.8) is 0 Å². The number of halogens is 1. The maximum Gasteiger partial charge on any atom is 0.323 e. The second-order valence-electron chi connectivity index (χ2n) is 4.63. The highest BCUT2D eigenvalue weighted by molar-refractivity contribution is 9.10. The van der Waals surface area contributed by atoms with Crippen molar-refractivity contribution < 1.29 is 4.79 Å². The average molecular weight is 334 g/mol. The minimum atomic E-state index is -0.295. The summed E-state index contributed by atoms with van der Waals surface area (Å²) >= 11 is 3.50. The smallest absolute Gasteiger partial charge is 0.323 e. The van der Waals surface area contributed by atoms with Crippen LogP contribution in [0.1, 0.15) is 11.1 Å². The number of hydrogen-bond acceptors (Lipinski definition) is 2. The second kappa shape index (κ2) is 5.96. The summed E-state index contributed by atoms with van der Waals surface area (Å²) in [6, 6.07) is 10.6. The summed E-state index contributed by atoms with van der Waals surface area (Å²) in [4.78, 5) is 11.9. The molecular formula is C15H16BrN3O. The van der Waals surface area contributed by atoms with Gasteiger partial charge in [0.25, 0.3) is 0 Å². The molecule has 5 heteroatoms. The van der Waals surface area contributed by atoms with Crippen molar-refractivity contribution in [3.05, 3.63) is 52.0 Å². The Hall–Kier alpha value is -2.01. The molecule has 2 aromatic rings. The summed E-state index contributed by atoms with van der Waals surface area (Å²) in [6.45, 7) is 3.97. The number of carbonyl (C=O) groups is 1. The van der Waals surface area contributed by atoms with Crippen LogP contribution in [0.25, 0.3) is 0 Å². The van der Waals surface area contributed by atoms with Crippen LogP contribution in [0.3, 0.4) is 0 Å². The first-order valence-corrected chi connectivity index (χ1v) is 6.95. The molecule has 4 N–H and O–H groups in total. The number of aryl methyl sites for hydroxylation is 2. The number of rotatable bonds is 2. The third-order valence-electron chi connectivity index (χ3n) is 2.84. The maximum absolute atomic E-state index is 11.9. The van der Waals surface area contributed by atoms with Crippen LogP contribution in [0.15, 0.2) is 40.9 Å². The molecule has 0 spiro atoms. The topological polar surface area (TPSA) is 67.2 Å². The van der Waals surface area contributed by atoms with Gasteiger partial charge >= 0.3 is 6.03 Å². The van der Waals surface area contributed by atoms with E-state index in [0.717, 1.165) is 21.3 Å². The summed E-state index contributed by atoms with van der Waals surface area (Å²) in [5.74, 6) is 0. The Morgan fingerprint density at radius 1 is 1.05 bits per heavy atom. The molecule has 4 nitrogen and oxygen atoms in total. The van der Waals surface area contributed by atoms with E-state index in [1.807, 2.05) is 26.0 Å². The van der Waals surface area contributed by atoms with Crippen molar-refractivity contribution in [2.24, 2.45) is 0 Å². The molecule has 20 heavy (non-hydrogen) atoms. The number of amides is 2. The molecule has 2 rings (SSSR count). The van der Waals surface area contributed by atoms with E-state index >= 15 is 0 Å². The fourth-order valence-electron chi connectivity index (χ4n) is 1.93. The average Bonchev–Trinajstić information content (AvgIpc) is 2.35. The molecule has 0 aliphatic carbocycles. The molecule has 0 atom stereocenters. The van der Waals surface area contributed by atoms with Gasteiger partial charge in [0.05, 0.1) is 0 Å². The van der Waals surface area contributed by atoms with E-state index in [1.54, 1.807) is 24.3 Å². The molecular weight excluding hydrogens is 318 g/mol. The zero-order valence-corrected chi connectivity index (χ0v) is 12.9. The molecule has 2 amide bonds. The van der Waals surface area contributed by atoms with Crippen molar-refractivity contribution in [3.8, 4) is 0 Å². The van der Waals surface area contributed by atoms with Crippen LogP contribution in [-0.4, -0.2) is 6.03 Å². The van der Waals surface area contributed by atoms with Gasteiger partial charge in [-0.3, -0.25) is 0 Å². The highest BCUT2D eigenvalue weighted by atomic mass is 79.9. The number of hydrogen-bond donors (Lipinski definition) is 3. The normalized spacial score (nSPS) is 10.2. The van der Waals surface area contributed by atoms with Crippen molar-refractivity contribution in [2.75, 3.05) is 16.4 Å². The molecule has 0 radical (unpaired) electrons. The van der Waals surface area contributed by atoms with E-state index in [9.17, 15) is 4.79 Å². The Bertz CT molecular complexity index is 632. The zero-order valence-electron chi connectivity index (χ0n) is 11.3. The van der Waals surface area contributed by atoms with Gasteiger partial charge in [0, 0.05) is 21.5 Å². The zero-order chi connectivity index (χ0) is 14.7. The Morgan fingerprint density at radius 2 is 1.65 bits per heavy atom. The SMILES string of the molecule is Cc1cc(NC(=O)Nc2cccc(N)c2)cc(C)c1Br. The predicted octanol–water partition coefficient (Wildman–Crippen LogP) is 4.29. The van der Waals surface area contributed by atoms with Crippen molar-refractivity contribution in [1.82, 2.24) is 0 Å². The molecule has 0 aliphatic heterocycles. The summed E-state index contributed by atoms with van der Waals surface area (Å²) in [7, 11) is 0. The predicted molar refractivity (Wildman–Crippen MR) is 87.1 cm³/mol. The van der Waals surface area contributed by atoms with E-state index < -0.39 is 0 Å². The van der Waals surface area contributed by atoms with E-state index in [1.165, 1.54) is 0 Å². The van der Waals surface area contributed by atoms with Gasteiger partial charge in [-0.15, -0.1) is 0 Å². The van der Waals surface area contributed by atoms with Crippen LogP contribution in [-0.2, 0) is 0 Å². The minimum Gasteiger partial charge on any atom is -0.399 e. The van der Waals surface area contributed by atoms with Crippen molar-refractivity contribution >= 4 is 39.0 Å². The fraction of sp³-hybridized carbons (Fsp3) is 0.133. The third-order valence-corrected chi connectivity index (χ3v) is 4.09. The highest BCUT2D eigenvalue weighted by Crippen LogP contribution is 2.25. The largest absolute Gasteiger partial charge is 0.399 e.